The summed E-state index contributed by atoms with van der Waals surface area (Å²) in [6, 6.07) is 14.0. The van der Waals surface area contributed by atoms with Crippen LogP contribution in [0.4, 0.5) is 10.1 Å². The number of hydrogen-bond acceptors (Lipinski definition) is 4. The van der Waals surface area contributed by atoms with E-state index in [4.69, 9.17) is 9.47 Å². The fourth-order valence-electron chi connectivity index (χ4n) is 4.73. The summed E-state index contributed by atoms with van der Waals surface area (Å²) in [6.07, 6.45) is 6.12. The lowest BCUT2D eigenvalue weighted by molar-refractivity contribution is -0.125. The maximum absolute atomic E-state index is 14.6. The molecule has 0 unspecified atom stereocenters. The fourth-order valence-corrected chi connectivity index (χ4v) is 4.73. The Morgan fingerprint density at radius 2 is 1.69 bits per heavy atom. The van der Waals surface area contributed by atoms with Crippen LogP contribution in [0.3, 0.4) is 0 Å². The molecule has 2 saturated heterocycles. The van der Waals surface area contributed by atoms with Crippen LogP contribution in [0.15, 0.2) is 48.5 Å². The first-order valence-electron chi connectivity index (χ1n) is 11.8. The minimum absolute atomic E-state index is 0.194. The monoisotopic (exact) mass is 440 g/mol. The van der Waals surface area contributed by atoms with Crippen LogP contribution in [0, 0.1) is 5.82 Å². The lowest BCUT2D eigenvalue weighted by Crippen LogP contribution is -2.45. The van der Waals surface area contributed by atoms with Crippen molar-refractivity contribution in [1.82, 2.24) is 4.90 Å². The first-order chi connectivity index (χ1) is 15.7. The molecule has 2 heterocycles. The van der Waals surface area contributed by atoms with Gasteiger partial charge in [-0.25, -0.2) is 4.39 Å². The Morgan fingerprint density at radius 1 is 1.00 bits per heavy atom. The van der Waals surface area contributed by atoms with E-state index in [1.807, 2.05) is 24.3 Å². The zero-order valence-electron chi connectivity index (χ0n) is 18.7. The summed E-state index contributed by atoms with van der Waals surface area (Å²) in [5.74, 6) is 0.242. The molecule has 32 heavy (non-hydrogen) atoms. The van der Waals surface area contributed by atoms with Gasteiger partial charge in [-0.3, -0.25) is 9.69 Å². The third-order valence-corrected chi connectivity index (χ3v) is 6.66. The number of benzene rings is 2. The lowest BCUT2D eigenvalue weighted by atomic mass is 9.73. The zero-order chi connectivity index (χ0) is 22.2. The smallest absolute Gasteiger partial charge is 0.235 e. The number of nitrogens with zero attached hydrogens (tertiary/aromatic N) is 1. The van der Waals surface area contributed by atoms with Crippen LogP contribution < -0.4 is 10.1 Å². The largest absolute Gasteiger partial charge is 0.492 e. The Kier molecular flexibility index (Phi) is 7.76. The Balaban J connectivity index is 1.36. The number of amides is 1. The number of anilines is 1. The highest BCUT2D eigenvalue weighted by Crippen LogP contribution is 2.37. The predicted molar refractivity (Wildman–Crippen MR) is 124 cm³/mol. The Morgan fingerprint density at radius 3 is 2.38 bits per heavy atom. The number of hydrogen-bond donors (Lipinski definition) is 1. The molecule has 5 nitrogen and oxygen atoms in total. The van der Waals surface area contributed by atoms with Crippen LogP contribution in [0.2, 0.25) is 0 Å². The second-order valence-electron chi connectivity index (χ2n) is 8.76. The van der Waals surface area contributed by atoms with E-state index < -0.39 is 5.41 Å². The standard InChI is InChI=1S/C26H33FN2O3/c27-24-8-4-3-7-23(24)26(13-18-31-19-14-26)25(30)28-21-9-11-22(12-10-21)32-20-17-29-15-5-1-2-6-16-29/h3-4,7-12H,1-2,5-6,13-20H2,(H,28,30). The molecule has 0 bridgehead atoms. The van der Waals surface area contributed by atoms with E-state index in [0.29, 0.717) is 43.9 Å². The van der Waals surface area contributed by atoms with E-state index in [2.05, 4.69) is 10.2 Å². The molecule has 172 valence electrons. The van der Waals surface area contributed by atoms with E-state index in [1.165, 1.54) is 31.7 Å². The first kappa shape index (κ1) is 22.7. The van der Waals surface area contributed by atoms with Crippen molar-refractivity contribution in [3.05, 3.63) is 59.9 Å². The average Bonchev–Trinajstić information content (AvgIpc) is 3.10. The summed E-state index contributed by atoms with van der Waals surface area (Å²) in [4.78, 5) is 15.8. The quantitative estimate of drug-likeness (QED) is 0.674. The molecule has 2 aromatic rings. The molecule has 0 atom stereocenters. The van der Waals surface area contributed by atoms with Crippen molar-refractivity contribution in [2.24, 2.45) is 0 Å². The highest BCUT2D eigenvalue weighted by atomic mass is 19.1. The summed E-state index contributed by atoms with van der Waals surface area (Å²) in [7, 11) is 0. The molecule has 4 rings (SSSR count). The molecule has 2 aromatic carbocycles. The second-order valence-corrected chi connectivity index (χ2v) is 8.76. The van der Waals surface area contributed by atoms with Crippen LogP contribution in [0.1, 0.15) is 44.1 Å². The van der Waals surface area contributed by atoms with Gasteiger partial charge in [-0.1, -0.05) is 31.0 Å². The summed E-state index contributed by atoms with van der Waals surface area (Å²) in [6.45, 7) is 4.77. The molecular weight excluding hydrogens is 407 g/mol. The number of carbonyl (C=O) groups is 1. The summed E-state index contributed by atoms with van der Waals surface area (Å²) in [5.41, 5.74) is 0.192. The number of ether oxygens (including phenoxy) is 2. The maximum Gasteiger partial charge on any atom is 0.235 e. The van der Waals surface area contributed by atoms with Gasteiger partial charge in [0.05, 0.1) is 5.41 Å². The molecule has 1 N–H and O–H groups in total. The van der Waals surface area contributed by atoms with Crippen LogP contribution in [0.5, 0.6) is 5.75 Å². The van der Waals surface area contributed by atoms with Gasteiger partial charge in [0.15, 0.2) is 0 Å². The summed E-state index contributed by atoms with van der Waals surface area (Å²) >= 11 is 0. The van der Waals surface area contributed by atoms with Crippen molar-refractivity contribution in [1.29, 1.82) is 0 Å². The third-order valence-electron chi connectivity index (χ3n) is 6.66. The lowest BCUT2D eigenvalue weighted by Gasteiger charge is -2.36. The first-order valence-corrected chi connectivity index (χ1v) is 11.8. The fraction of sp³-hybridized carbons (Fsp3) is 0.500. The summed E-state index contributed by atoms with van der Waals surface area (Å²) < 4.78 is 26.0. The molecule has 2 fully saturated rings. The van der Waals surface area contributed by atoms with Crippen molar-refractivity contribution in [2.45, 2.75) is 43.9 Å². The molecule has 0 radical (unpaired) electrons. The van der Waals surface area contributed by atoms with Crippen molar-refractivity contribution < 1.29 is 18.7 Å². The molecule has 6 heteroatoms. The molecule has 0 aliphatic carbocycles. The highest BCUT2D eigenvalue weighted by Gasteiger charge is 2.43. The number of carbonyl (C=O) groups excluding carboxylic acids is 1. The van der Waals surface area contributed by atoms with Crippen molar-refractivity contribution in [3.63, 3.8) is 0 Å². The Hall–Kier alpha value is -2.44. The van der Waals surface area contributed by atoms with Gasteiger partial charge in [-0.15, -0.1) is 0 Å². The molecule has 2 aliphatic rings. The van der Waals surface area contributed by atoms with Crippen molar-refractivity contribution in [3.8, 4) is 5.75 Å². The molecule has 0 spiro atoms. The van der Waals surface area contributed by atoms with Crippen molar-refractivity contribution >= 4 is 11.6 Å². The number of nitrogens with one attached hydrogen (secondary N) is 1. The van der Waals surface area contributed by atoms with E-state index in [0.717, 1.165) is 25.4 Å². The van der Waals surface area contributed by atoms with Gasteiger partial charge >= 0.3 is 0 Å². The van der Waals surface area contributed by atoms with Gasteiger partial charge in [-0.2, -0.15) is 0 Å². The molecule has 2 aliphatic heterocycles. The van der Waals surface area contributed by atoms with Crippen LogP contribution in [0.25, 0.3) is 0 Å². The van der Waals surface area contributed by atoms with Gasteiger partial charge in [0.25, 0.3) is 0 Å². The minimum Gasteiger partial charge on any atom is -0.492 e. The third kappa shape index (κ3) is 5.48. The average molecular weight is 441 g/mol. The minimum atomic E-state index is -0.925. The maximum atomic E-state index is 14.6. The van der Waals surface area contributed by atoms with E-state index >= 15 is 0 Å². The summed E-state index contributed by atoms with van der Waals surface area (Å²) in [5, 5.41) is 3.00. The Labute approximate surface area is 189 Å². The van der Waals surface area contributed by atoms with Gasteiger partial charge in [0, 0.05) is 31.0 Å². The van der Waals surface area contributed by atoms with Crippen molar-refractivity contribution in [2.75, 3.05) is 44.8 Å². The van der Waals surface area contributed by atoms with Gasteiger partial charge in [0.2, 0.25) is 5.91 Å². The van der Waals surface area contributed by atoms with E-state index in [9.17, 15) is 9.18 Å². The molecule has 0 aromatic heterocycles. The van der Waals surface area contributed by atoms with E-state index in [-0.39, 0.29) is 11.7 Å². The van der Waals surface area contributed by atoms with Crippen LogP contribution in [-0.2, 0) is 14.9 Å². The van der Waals surface area contributed by atoms with Crippen LogP contribution >= 0.6 is 0 Å². The zero-order valence-corrected chi connectivity index (χ0v) is 18.7. The number of halogens is 1. The normalized spacial score (nSPS) is 19.2. The van der Waals surface area contributed by atoms with Gasteiger partial charge < -0.3 is 14.8 Å². The Bertz CT molecular complexity index is 873. The second kappa shape index (κ2) is 10.9. The number of likely N-dealkylation sites (tertiary alicyclic amines) is 1. The highest BCUT2D eigenvalue weighted by molar-refractivity contribution is 5.99. The topological polar surface area (TPSA) is 50.8 Å². The molecular formula is C26H33FN2O3. The van der Waals surface area contributed by atoms with Gasteiger partial charge in [-0.05, 0) is 69.1 Å². The number of rotatable bonds is 7. The van der Waals surface area contributed by atoms with Gasteiger partial charge in [0.1, 0.15) is 18.2 Å². The molecule has 1 amide bonds. The SMILES string of the molecule is O=C(Nc1ccc(OCCN2CCCCCC2)cc1)C1(c2ccccc2F)CCOCC1. The molecule has 0 saturated carbocycles. The van der Waals surface area contributed by atoms with E-state index in [1.54, 1.807) is 18.2 Å². The predicted octanol–water partition coefficient (Wildman–Crippen LogP) is 4.77. The van der Waals surface area contributed by atoms with Crippen LogP contribution in [-0.4, -0.2) is 50.3 Å².